The van der Waals surface area contributed by atoms with E-state index in [9.17, 15) is 0 Å². The van der Waals surface area contributed by atoms with Gasteiger partial charge in [0.25, 0.3) is 0 Å². The molecular formula is C16H22N2O. The smallest absolute Gasteiger partial charge is 0.106 e. The molecule has 1 aromatic rings. The second-order valence-corrected chi connectivity index (χ2v) is 5.64. The fourth-order valence-electron chi connectivity index (χ4n) is 3.54. The highest BCUT2D eigenvalue weighted by atomic mass is 16.6. The van der Waals surface area contributed by atoms with Crippen molar-refractivity contribution in [3.05, 3.63) is 35.9 Å². The summed E-state index contributed by atoms with van der Waals surface area (Å²) in [7, 11) is 1.65. The highest BCUT2D eigenvalue weighted by Gasteiger charge is 2.36. The first-order valence-electron chi connectivity index (χ1n) is 7.25. The van der Waals surface area contributed by atoms with Crippen LogP contribution in [0.4, 0.5) is 0 Å². The SMILES string of the molecule is CON=C1C[C@H]2CCC[C@@H](C1)N2Cc1ccccc1. The maximum absolute atomic E-state index is 4.97. The van der Waals surface area contributed by atoms with Gasteiger partial charge in [-0.1, -0.05) is 41.9 Å². The third-order valence-electron chi connectivity index (χ3n) is 4.38. The van der Waals surface area contributed by atoms with Crippen LogP contribution < -0.4 is 0 Å². The average molecular weight is 258 g/mol. The second kappa shape index (κ2) is 5.74. The van der Waals surface area contributed by atoms with Gasteiger partial charge in [0.2, 0.25) is 0 Å². The second-order valence-electron chi connectivity index (χ2n) is 5.64. The van der Waals surface area contributed by atoms with Crippen LogP contribution in [0.5, 0.6) is 0 Å². The van der Waals surface area contributed by atoms with Gasteiger partial charge in [0.05, 0.1) is 5.71 Å². The van der Waals surface area contributed by atoms with E-state index < -0.39 is 0 Å². The average Bonchev–Trinajstić information content (AvgIpc) is 2.41. The number of nitrogens with zero attached hydrogens (tertiary/aromatic N) is 2. The highest BCUT2D eigenvalue weighted by Crippen LogP contribution is 2.34. The molecule has 2 fully saturated rings. The molecular weight excluding hydrogens is 236 g/mol. The molecule has 1 aromatic carbocycles. The van der Waals surface area contributed by atoms with Crippen LogP contribution in [-0.2, 0) is 11.4 Å². The molecule has 2 atom stereocenters. The quantitative estimate of drug-likeness (QED) is 0.778. The Balaban J connectivity index is 1.74. The van der Waals surface area contributed by atoms with E-state index in [0.29, 0.717) is 12.1 Å². The number of fused-ring (bicyclic) bond motifs is 2. The minimum atomic E-state index is 0.654. The molecule has 102 valence electrons. The van der Waals surface area contributed by atoms with Gasteiger partial charge in [-0.2, -0.15) is 0 Å². The minimum absolute atomic E-state index is 0.654. The van der Waals surface area contributed by atoms with Gasteiger partial charge in [-0.25, -0.2) is 0 Å². The summed E-state index contributed by atoms with van der Waals surface area (Å²) >= 11 is 0. The number of rotatable bonds is 3. The van der Waals surface area contributed by atoms with Crippen LogP contribution in [0.15, 0.2) is 35.5 Å². The van der Waals surface area contributed by atoms with Gasteiger partial charge in [0.1, 0.15) is 7.11 Å². The van der Waals surface area contributed by atoms with E-state index in [-0.39, 0.29) is 0 Å². The lowest BCUT2D eigenvalue weighted by atomic mass is 9.83. The summed E-state index contributed by atoms with van der Waals surface area (Å²) in [4.78, 5) is 7.66. The number of oxime groups is 1. The normalized spacial score (nSPS) is 29.4. The van der Waals surface area contributed by atoms with Gasteiger partial charge in [-0.05, 0) is 18.4 Å². The van der Waals surface area contributed by atoms with Gasteiger partial charge < -0.3 is 4.84 Å². The van der Waals surface area contributed by atoms with Crippen molar-refractivity contribution in [2.45, 2.75) is 50.7 Å². The number of benzene rings is 1. The topological polar surface area (TPSA) is 24.8 Å². The van der Waals surface area contributed by atoms with Crippen LogP contribution in [0.2, 0.25) is 0 Å². The van der Waals surface area contributed by atoms with Crippen molar-refractivity contribution in [1.29, 1.82) is 0 Å². The molecule has 3 rings (SSSR count). The third-order valence-corrected chi connectivity index (χ3v) is 4.38. The number of hydrogen-bond donors (Lipinski definition) is 0. The van der Waals surface area contributed by atoms with Crippen LogP contribution in [0, 0.1) is 0 Å². The summed E-state index contributed by atoms with van der Waals surface area (Å²) in [6.45, 7) is 1.08. The van der Waals surface area contributed by atoms with E-state index in [0.717, 1.165) is 19.4 Å². The van der Waals surface area contributed by atoms with Crippen LogP contribution >= 0.6 is 0 Å². The van der Waals surface area contributed by atoms with E-state index in [1.54, 1.807) is 7.11 Å². The van der Waals surface area contributed by atoms with Crippen LogP contribution in [-0.4, -0.2) is 29.8 Å². The molecule has 0 N–H and O–H groups in total. The van der Waals surface area contributed by atoms with Crippen molar-refractivity contribution in [2.75, 3.05) is 7.11 Å². The maximum atomic E-state index is 4.97. The first-order valence-corrected chi connectivity index (χ1v) is 7.25. The molecule has 3 nitrogen and oxygen atoms in total. The molecule has 2 heterocycles. The zero-order valence-corrected chi connectivity index (χ0v) is 11.6. The van der Waals surface area contributed by atoms with Gasteiger partial charge in [-0.15, -0.1) is 0 Å². The number of piperidine rings is 2. The van der Waals surface area contributed by atoms with Gasteiger partial charge in [0, 0.05) is 31.5 Å². The summed E-state index contributed by atoms with van der Waals surface area (Å²) in [5, 5.41) is 4.20. The summed E-state index contributed by atoms with van der Waals surface area (Å²) in [6.07, 6.45) is 6.12. The lowest BCUT2D eigenvalue weighted by Gasteiger charge is -2.46. The Bertz CT molecular complexity index is 427. The maximum Gasteiger partial charge on any atom is 0.106 e. The Kier molecular flexibility index (Phi) is 3.83. The van der Waals surface area contributed by atoms with Gasteiger partial charge in [0.15, 0.2) is 0 Å². The van der Waals surface area contributed by atoms with Crippen LogP contribution in [0.1, 0.15) is 37.7 Å². The predicted molar refractivity (Wildman–Crippen MR) is 77.1 cm³/mol. The Morgan fingerprint density at radius 1 is 1.16 bits per heavy atom. The third kappa shape index (κ3) is 2.81. The molecule has 0 radical (unpaired) electrons. The van der Waals surface area contributed by atoms with E-state index in [1.807, 2.05) is 0 Å². The first-order chi connectivity index (χ1) is 9.36. The van der Waals surface area contributed by atoms with E-state index in [2.05, 4.69) is 40.4 Å². The molecule has 0 aliphatic carbocycles. The molecule has 0 spiro atoms. The van der Waals surface area contributed by atoms with Crippen LogP contribution in [0.25, 0.3) is 0 Å². The molecule has 0 saturated carbocycles. The van der Waals surface area contributed by atoms with Crippen molar-refractivity contribution in [3.8, 4) is 0 Å². The predicted octanol–water partition coefficient (Wildman–Crippen LogP) is 3.21. The molecule has 2 saturated heterocycles. The summed E-state index contributed by atoms with van der Waals surface area (Å²) in [6, 6.07) is 12.1. The molecule has 3 heteroatoms. The van der Waals surface area contributed by atoms with E-state index in [1.165, 1.54) is 30.5 Å². The molecule has 0 unspecified atom stereocenters. The van der Waals surface area contributed by atoms with Gasteiger partial charge >= 0.3 is 0 Å². The Hall–Kier alpha value is -1.35. The summed E-state index contributed by atoms with van der Waals surface area (Å²) < 4.78 is 0. The standard InChI is InChI=1S/C16H22N2O/c1-19-17-14-10-15-8-5-9-16(11-14)18(15)12-13-6-3-2-4-7-13/h2-4,6-7,15-16H,5,8-12H2,1H3/t15-,16+. The van der Waals surface area contributed by atoms with Crippen molar-refractivity contribution < 1.29 is 4.84 Å². The lowest BCUT2D eigenvalue weighted by Crippen LogP contribution is -2.51. The monoisotopic (exact) mass is 258 g/mol. The van der Waals surface area contributed by atoms with Crippen molar-refractivity contribution in [1.82, 2.24) is 4.90 Å². The van der Waals surface area contributed by atoms with E-state index in [4.69, 9.17) is 4.84 Å². The Morgan fingerprint density at radius 3 is 2.47 bits per heavy atom. The fraction of sp³-hybridized carbons (Fsp3) is 0.562. The van der Waals surface area contributed by atoms with E-state index >= 15 is 0 Å². The highest BCUT2D eigenvalue weighted by molar-refractivity contribution is 5.86. The van der Waals surface area contributed by atoms with Crippen molar-refractivity contribution >= 4 is 5.71 Å². The zero-order valence-electron chi connectivity index (χ0n) is 11.6. The zero-order chi connectivity index (χ0) is 13.1. The number of hydrogen-bond acceptors (Lipinski definition) is 3. The first kappa shape index (κ1) is 12.7. The fourth-order valence-corrected chi connectivity index (χ4v) is 3.54. The van der Waals surface area contributed by atoms with Crippen molar-refractivity contribution in [2.24, 2.45) is 5.16 Å². The summed E-state index contributed by atoms with van der Waals surface area (Å²) in [5.41, 5.74) is 2.67. The minimum Gasteiger partial charge on any atom is -0.399 e. The molecule has 0 aromatic heterocycles. The summed E-state index contributed by atoms with van der Waals surface area (Å²) in [5.74, 6) is 0. The van der Waals surface area contributed by atoms with Crippen molar-refractivity contribution in [3.63, 3.8) is 0 Å². The Morgan fingerprint density at radius 2 is 1.84 bits per heavy atom. The van der Waals surface area contributed by atoms with Gasteiger partial charge in [-0.3, -0.25) is 4.90 Å². The molecule has 2 bridgehead atoms. The molecule has 19 heavy (non-hydrogen) atoms. The lowest BCUT2D eigenvalue weighted by molar-refractivity contribution is 0.0658. The molecule has 2 aliphatic rings. The largest absolute Gasteiger partial charge is 0.399 e. The Labute approximate surface area is 115 Å². The molecule has 0 amide bonds. The molecule has 2 aliphatic heterocycles. The van der Waals surface area contributed by atoms with Crippen LogP contribution in [0.3, 0.4) is 0 Å².